The van der Waals surface area contributed by atoms with Gasteiger partial charge in [0.25, 0.3) is 17.7 Å². The number of carbonyl (C=O) groups excluding carboxylic acids is 3. The van der Waals surface area contributed by atoms with Crippen LogP contribution >= 0.6 is 0 Å². The average Bonchev–Trinajstić information content (AvgIpc) is 2.76. The predicted octanol–water partition coefficient (Wildman–Crippen LogP) is -0.0123. The summed E-state index contributed by atoms with van der Waals surface area (Å²) in [6.45, 7) is 1.65. The molecular formula is C25H25ClN4O3. The van der Waals surface area contributed by atoms with Gasteiger partial charge in [0.2, 0.25) is 0 Å². The third-order valence-corrected chi connectivity index (χ3v) is 6.27. The van der Waals surface area contributed by atoms with Crippen LogP contribution in [0, 0.1) is 0 Å². The van der Waals surface area contributed by atoms with Crippen LogP contribution in [-0.4, -0.2) is 57.1 Å². The number of nitrogens with zero attached hydrogens (tertiary/aromatic N) is 3. The number of imide groups is 1. The van der Waals surface area contributed by atoms with E-state index in [1.165, 1.54) is 4.90 Å². The van der Waals surface area contributed by atoms with Gasteiger partial charge in [-0.1, -0.05) is 12.1 Å². The number of nitrogens with one attached hydrogen (secondary N) is 1. The summed E-state index contributed by atoms with van der Waals surface area (Å²) < 4.78 is 0.784. The number of hydrogen-bond donors (Lipinski definition) is 1. The average molecular weight is 465 g/mol. The van der Waals surface area contributed by atoms with Gasteiger partial charge in [-0.2, -0.15) is 0 Å². The predicted molar refractivity (Wildman–Crippen MR) is 124 cm³/mol. The van der Waals surface area contributed by atoms with Crippen molar-refractivity contribution in [2.24, 2.45) is 0 Å². The van der Waals surface area contributed by atoms with Gasteiger partial charge in [-0.15, -0.1) is 0 Å². The summed E-state index contributed by atoms with van der Waals surface area (Å²) in [6, 6.07) is 14.1. The van der Waals surface area contributed by atoms with E-state index in [2.05, 4.69) is 31.4 Å². The molecule has 3 aromatic rings. The zero-order valence-corrected chi connectivity index (χ0v) is 19.7. The van der Waals surface area contributed by atoms with Gasteiger partial charge in [-0.25, -0.2) is 4.90 Å². The molecule has 2 heterocycles. The van der Waals surface area contributed by atoms with Crippen LogP contribution in [0.3, 0.4) is 0 Å². The van der Waals surface area contributed by atoms with E-state index in [0.29, 0.717) is 22.4 Å². The van der Waals surface area contributed by atoms with Crippen LogP contribution in [0.5, 0.6) is 0 Å². The molecule has 1 N–H and O–H groups in total. The van der Waals surface area contributed by atoms with Crippen molar-refractivity contribution in [2.75, 3.05) is 44.7 Å². The lowest BCUT2D eigenvalue weighted by Gasteiger charge is -2.41. The Morgan fingerprint density at radius 1 is 1.00 bits per heavy atom. The Hall–Kier alpha value is -3.42. The second-order valence-corrected chi connectivity index (χ2v) is 9.16. The molecule has 0 saturated heterocycles. The van der Waals surface area contributed by atoms with Gasteiger partial charge in [0, 0.05) is 47.1 Å². The zero-order chi connectivity index (χ0) is 22.8. The normalized spacial score (nSPS) is 16.4. The highest BCUT2D eigenvalue weighted by Gasteiger charge is 2.38. The lowest BCUT2D eigenvalue weighted by Crippen LogP contribution is -3.00. The number of anilines is 2. The first kappa shape index (κ1) is 22.8. The highest BCUT2D eigenvalue weighted by molar-refractivity contribution is 6.36. The van der Waals surface area contributed by atoms with Crippen molar-refractivity contribution in [1.82, 2.24) is 5.32 Å². The third kappa shape index (κ3) is 3.44. The highest BCUT2D eigenvalue weighted by Crippen LogP contribution is 2.42. The van der Waals surface area contributed by atoms with E-state index in [0.717, 1.165) is 39.7 Å². The molecule has 0 radical (unpaired) electrons. The minimum Gasteiger partial charge on any atom is -1.00 e. The van der Waals surface area contributed by atoms with Crippen LogP contribution in [0.15, 0.2) is 48.5 Å². The van der Waals surface area contributed by atoms with Crippen LogP contribution in [0.1, 0.15) is 36.6 Å². The largest absolute Gasteiger partial charge is 1.00 e. The van der Waals surface area contributed by atoms with Gasteiger partial charge in [-0.05, 0) is 36.4 Å². The van der Waals surface area contributed by atoms with Crippen molar-refractivity contribution in [3.05, 3.63) is 70.8 Å². The SMILES string of the molecule is CNC(=O)c1ccc(N2C(=O)c3cccc4c5c(cc(c34)C2=O)C[N+](C)(C)CN5C)cc1.[Cl-]. The lowest BCUT2D eigenvalue weighted by atomic mass is 9.89. The highest BCUT2D eigenvalue weighted by atomic mass is 35.5. The van der Waals surface area contributed by atoms with Gasteiger partial charge in [-0.3, -0.25) is 14.4 Å². The van der Waals surface area contributed by atoms with E-state index in [9.17, 15) is 14.4 Å². The standard InChI is InChI=1S/C25H24N4O3.ClH/c1-26-23(30)15-8-10-17(11-9-15)28-24(31)19-7-5-6-18-21(19)20(25(28)32)12-16-13-29(3,4)14-27(2)22(16)18;/h5-12H,13-14H2,1-4H3;1H. The Bertz CT molecular complexity index is 1320. The molecule has 2 aliphatic rings. The van der Waals surface area contributed by atoms with E-state index in [1.807, 2.05) is 18.2 Å². The summed E-state index contributed by atoms with van der Waals surface area (Å²) in [5.41, 5.74) is 4.16. The molecule has 0 atom stereocenters. The van der Waals surface area contributed by atoms with Gasteiger partial charge in [0.1, 0.15) is 6.54 Å². The van der Waals surface area contributed by atoms with Crippen LogP contribution in [-0.2, 0) is 6.54 Å². The number of quaternary nitrogens is 1. The molecule has 5 rings (SSSR count). The number of hydrogen-bond acceptors (Lipinski definition) is 4. The maximum Gasteiger partial charge on any atom is 0.266 e. The number of benzene rings is 3. The summed E-state index contributed by atoms with van der Waals surface area (Å²) >= 11 is 0. The first-order valence-electron chi connectivity index (χ1n) is 10.5. The van der Waals surface area contributed by atoms with Crippen molar-refractivity contribution < 1.29 is 31.3 Å². The molecule has 0 saturated carbocycles. The number of carbonyl (C=O) groups is 3. The third-order valence-electron chi connectivity index (χ3n) is 6.27. The van der Waals surface area contributed by atoms with Crippen LogP contribution in [0.4, 0.5) is 11.4 Å². The van der Waals surface area contributed by atoms with Crippen molar-refractivity contribution in [1.29, 1.82) is 0 Å². The second kappa shape index (κ2) is 7.86. The Labute approximate surface area is 198 Å². The molecule has 7 nitrogen and oxygen atoms in total. The van der Waals surface area contributed by atoms with Gasteiger partial charge in [0.05, 0.1) is 25.5 Å². The fourth-order valence-electron chi connectivity index (χ4n) is 5.08. The number of fused-ring (bicyclic) bond motifs is 2. The molecule has 0 aliphatic carbocycles. The van der Waals surface area contributed by atoms with Crippen LogP contribution in [0.25, 0.3) is 10.8 Å². The monoisotopic (exact) mass is 464 g/mol. The summed E-state index contributed by atoms with van der Waals surface area (Å²) in [4.78, 5) is 42.4. The van der Waals surface area contributed by atoms with E-state index < -0.39 is 0 Å². The van der Waals surface area contributed by atoms with Crippen molar-refractivity contribution >= 4 is 39.9 Å². The van der Waals surface area contributed by atoms with Crippen LogP contribution in [0.2, 0.25) is 0 Å². The van der Waals surface area contributed by atoms with Crippen LogP contribution < -0.4 is 27.5 Å². The summed E-state index contributed by atoms with van der Waals surface area (Å²) in [5.74, 6) is -0.914. The fraction of sp³-hybridized carbons (Fsp3) is 0.240. The molecule has 2 aliphatic heterocycles. The Kier molecular flexibility index (Phi) is 5.42. The lowest BCUT2D eigenvalue weighted by molar-refractivity contribution is -0.904. The van der Waals surface area contributed by atoms with Gasteiger partial charge in [0.15, 0.2) is 6.67 Å². The molecule has 0 bridgehead atoms. The number of halogens is 1. The first-order valence-corrected chi connectivity index (χ1v) is 10.5. The molecule has 0 unspecified atom stereocenters. The number of amides is 3. The molecule has 33 heavy (non-hydrogen) atoms. The fourth-order valence-corrected chi connectivity index (χ4v) is 5.08. The van der Waals surface area contributed by atoms with Gasteiger partial charge < -0.3 is 27.1 Å². The maximum atomic E-state index is 13.6. The minimum atomic E-state index is -0.352. The molecule has 170 valence electrons. The Morgan fingerprint density at radius 3 is 2.33 bits per heavy atom. The minimum absolute atomic E-state index is 0. The molecular weight excluding hydrogens is 440 g/mol. The Balaban J connectivity index is 0.00000259. The van der Waals surface area contributed by atoms with Crippen molar-refractivity contribution in [3.8, 4) is 0 Å². The van der Waals surface area contributed by atoms with E-state index in [4.69, 9.17) is 0 Å². The molecule has 0 aromatic heterocycles. The molecule has 0 fully saturated rings. The summed E-state index contributed by atoms with van der Waals surface area (Å²) in [5, 5.41) is 4.23. The van der Waals surface area contributed by atoms with E-state index >= 15 is 0 Å². The topological polar surface area (TPSA) is 69.7 Å². The number of rotatable bonds is 2. The quantitative estimate of drug-likeness (QED) is 0.428. The summed E-state index contributed by atoms with van der Waals surface area (Å²) in [7, 11) is 7.94. The Morgan fingerprint density at radius 2 is 1.67 bits per heavy atom. The molecule has 3 amide bonds. The molecule has 8 heteroatoms. The zero-order valence-electron chi connectivity index (χ0n) is 19.0. The smallest absolute Gasteiger partial charge is 0.266 e. The molecule has 3 aromatic carbocycles. The summed E-state index contributed by atoms with van der Waals surface area (Å²) in [6.07, 6.45) is 0. The first-order chi connectivity index (χ1) is 15.2. The van der Waals surface area contributed by atoms with Crippen molar-refractivity contribution in [3.63, 3.8) is 0 Å². The van der Waals surface area contributed by atoms with Crippen molar-refractivity contribution in [2.45, 2.75) is 6.54 Å². The maximum absolute atomic E-state index is 13.6. The van der Waals surface area contributed by atoms with E-state index in [-0.39, 0.29) is 30.1 Å². The second-order valence-electron chi connectivity index (χ2n) is 9.16. The molecule has 0 spiro atoms. The van der Waals surface area contributed by atoms with Gasteiger partial charge >= 0.3 is 0 Å². The van der Waals surface area contributed by atoms with E-state index in [1.54, 1.807) is 37.4 Å².